The van der Waals surface area contributed by atoms with Gasteiger partial charge in [-0.1, -0.05) is 57.2 Å². The minimum atomic E-state index is -4.20. The number of hydrogen-bond acceptors (Lipinski definition) is 6. The average Bonchev–Trinajstić information content (AvgIpc) is 3.26. The predicted octanol–water partition coefficient (Wildman–Crippen LogP) is 4.19. The molecule has 0 bridgehead atoms. The van der Waals surface area contributed by atoms with E-state index in [9.17, 15) is 18.6 Å². The molecule has 1 aromatic heterocycles. The van der Waals surface area contributed by atoms with E-state index < -0.39 is 37.5 Å². The number of esters is 1. The number of nitrogens with zero attached hydrogens (tertiary/aromatic N) is 2. The van der Waals surface area contributed by atoms with Gasteiger partial charge in [0.05, 0.1) is 19.3 Å². The van der Waals surface area contributed by atoms with Crippen LogP contribution < -0.4 is 0 Å². The first-order chi connectivity index (χ1) is 16.8. The fourth-order valence-electron chi connectivity index (χ4n) is 4.18. The smallest absolute Gasteiger partial charge is 0.328 e. The van der Waals surface area contributed by atoms with Crippen LogP contribution in [0.1, 0.15) is 60.6 Å². The largest absolute Gasteiger partial charge is 0.468 e. The zero-order chi connectivity index (χ0) is 26.8. The minimum Gasteiger partial charge on any atom is -0.468 e. The topological polar surface area (TPSA) is 95.3 Å². The zero-order valence-corrected chi connectivity index (χ0v) is 22.8. The second-order valence-corrected chi connectivity index (χ2v) is 13.0. The third-order valence-corrected chi connectivity index (χ3v) is 9.57. The Morgan fingerprint density at radius 3 is 2.08 bits per heavy atom. The summed E-state index contributed by atoms with van der Waals surface area (Å²) in [7, 11) is -3.09. The van der Waals surface area contributed by atoms with E-state index in [0.29, 0.717) is 5.69 Å². The molecule has 0 aliphatic rings. The van der Waals surface area contributed by atoms with Crippen LogP contribution >= 0.6 is 0 Å². The summed E-state index contributed by atoms with van der Waals surface area (Å²) >= 11 is 0. The number of thiol groups is 1. The molecule has 0 spiro atoms. The Hall–Kier alpha value is -3.39. The van der Waals surface area contributed by atoms with Crippen molar-refractivity contribution in [2.24, 2.45) is 0 Å². The standard InChI is InChI=1S/C28H34N2O5S/c1-18-12-11-13-19(2)22(18)17-30-23(16-24(29-30)28(4,5)6)25(32)26(27(33)35-7)36(34,20(3)31)21-14-9-8-10-15-21/h8-16,26,36H,17H2,1-7H3. The summed E-state index contributed by atoms with van der Waals surface area (Å²) in [4.78, 5) is 40.1. The molecule has 0 saturated carbocycles. The first-order valence-corrected chi connectivity index (χ1v) is 13.5. The zero-order valence-electron chi connectivity index (χ0n) is 21.9. The van der Waals surface area contributed by atoms with Gasteiger partial charge in [-0.3, -0.25) is 23.3 Å². The molecule has 36 heavy (non-hydrogen) atoms. The van der Waals surface area contributed by atoms with Gasteiger partial charge in [-0.2, -0.15) is 5.10 Å². The van der Waals surface area contributed by atoms with Crippen LogP contribution in [0.2, 0.25) is 0 Å². The molecule has 0 amide bonds. The number of ether oxygens (including phenoxy) is 1. The maximum absolute atomic E-state index is 14.3. The van der Waals surface area contributed by atoms with Gasteiger partial charge in [0.25, 0.3) is 0 Å². The molecule has 0 saturated heterocycles. The Morgan fingerprint density at radius 1 is 1.00 bits per heavy atom. The predicted molar refractivity (Wildman–Crippen MR) is 141 cm³/mol. The number of carbonyl (C=O) groups is 3. The third-order valence-electron chi connectivity index (χ3n) is 6.40. The molecule has 8 heteroatoms. The van der Waals surface area contributed by atoms with Gasteiger partial charge in [-0.05, 0) is 58.7 Å². The van der Waals surface area contributed by atoms with Crippen LogP contribution in [0.25, 0.3) is 0 Å². The molecule has 1 unspecified atom stereocenters. The highest BCUT2D eigenvalue weighted by Gasteiger charge is 2.46. The molecule has 0 radical (unpaired) electrons. The summed E-state index contributed by atoms with van der Waals surface area (Å²) < 4.78 is 20.8. The highest BCUT2D eigenvalue weighted by molar-refractivity contribution is 8.18. The summed E-state index contributed by atoms with van der Waals surface area (Å²) in [5, 5.41) is 2.16. The van der Waals surface area contributed by atoms with Crippen LogP contribution in [-0.2, 0) is 36.2 Å². The van der Waals surface area contributed by atoms with Crippen molar-refractivity contribution >= 4 is 26.8 Å². The lowest BCUT2D eigenvalue weighted by molar-refractivity contribution is -0.139. The maximum Gasteiger partial charge on any atom is 0.328 e. The van der Waals surface area contributed by atoms with Gasteiger partial charge < -0.3 is 4.74 Å². The molecule has 0 fully saturated rings. The number of aromatic nitrogens is 2. The number of Topliss-reactive ketones (excluding diaryl/α,β-unsaturated/α-hetero) is 1. The number of hydrogen-bond donors (Lipinski definition) is 1. The normalized spacial score (nSPS) is 13.2. The Bertz CT molecular complexity index is 1330. The van der Waals surface area contributed by atoms with Gasteiger partial charge in [-0.25, -0.2) is 0 Å². The van der Waals surface area contributed by atoms with Crippen molar-refractivity contribution in [2.75, 3.05) is 7.11 Å². The van der Waals surface area contributed by atoms with Crippen molar-refractivity contribution < 1.29 is 23.3 Å². The van der Waals surface area contributed by atoms with Crippen LogP contribution in [-0.4, -0.2) is 43.2 Å². The lowest BCUT2D eigenvalue weighted by atomic mass is 9.92. The summed E-state index contributed by atoms with van der Waals surface area (Å²) in [6.45, 7) is 11.3. The van der Waals surface area contributed by atoms with Gasteiger partial charge >= 0.3 is 5.97 Å². The van der Waals surface area contributed by atoms with Gasteiger partial charge in [-0.15, -0.1) is 0 Å². The Kier molecular flexibility index (Phi) is 7.79. The molecular formula is C28H34N2O5S. The second-order valence-electron chi connectivity index (χ2n) is 10.00. The molecule has 0 aliphatic carbocycles. The lowest BCUT2D eigenvalue weighted by Gasteiger charge is -2.28. The van der Waals surface area contributed by atoms with E-state index in [1.165, 1.54) is 12.1 Å². The van der Waals surface area contributed by atoms with E-state index in [0.717, 1.165) is 30.7 Å². The van der Waals surface area contributed by atoms with Crippen LogP contribution in [0.5, 0.6) is 0 Å². The van der Waals surface area contributed by atoms with E-state index >= 15 is 0 Å². The molecule has 1 heterocycles. The molecule has 7 nitrogen and oxygen atoms in total. The Balaban J connectivity index is 2.25. The minimum absolute atomic E-state index is 0.107. The number of aryl methyl sites for hydroxylation is 2. The molecule has 3 aromatic rings. The Labute approximate surface area is 213 Å². The monoisotopic (exact) mass is 510 g/mol. The van der Waals surface area contributed by atoms with Crippen molar-refractivity contribution in [3.05, 3.63) is 82.7 Å². The number of benzene rings is 2. The van der Waals surface area contributed by atoms with Crippen molar-refractivity contribution in [3.8, 4) is 0 Å². The van der Waals surface area contributed by atoms with Gasteiger partial charge in [0.15, 0.2) is 10.4 Å². The first kappa shape index (κ1) is 27.2. The van der Waals surface area contributed by atoms with E-state index in [1.54, 1.807) is 28.9 Å². The fraction of sp³-hybridized carbons (Fsp3) is 0.357. The molecular weight excluding hydrogens is 476 g/mol. The molecule has 192 valence electrons. The summed E-state index contributed by atoms with van der Waals surface area (Å²) in [6, 6.07) is 15.5. The number of ketones is 1. The lowest BCUT2D eigenvalue weighted by Crippen LogP contribution is -2.47. The SMILES string of the molecule is COC(=O)C(C(=O)c1cc(C(C)(C)C)nn1Cc1c(C)cccc1C)[SH](=O)(C(C)=O)c1ccccc1. The van der Waals surface area contributed by atoms with Crippen molar-refractivity contribution in [1.82, 2.24) is 9.78 Å². The van der Waals surface area contributed by atoms with Crippen LogP contribution in [0.4, 0.5) is 0 Å². The molecule has 0 N–H and O–H groups in total. The van der Waals surface area contributed by atoms with Crippen molar-refractivity contribution in [3.63, 3.8) is 0 Å². The fourth-order valence-corrected chi connectivity index (χ4v) is 6.69. The maximum atomic E-state index is 14.3. The van der Waals surface area contributed by atoms with E-state index in [-0.39, 0.29) is 17.1 Å². The molecule has 0 aliphatic heterocycles. The third kappa shape index (κ3) is 5.09. The van der Waals surface area contributed by atoms with E-state index in [2.05, 4.69) is 0 Å². The number of carbonyl (C=O) groups excluding carboxylic acids is 3. The van der Waals surface area contributed by atoms with Crippen LogP contribution in [0.15, 0.2) is 59.5 Å². The van der Waals surface area contributed by atoms with Crippen LogP contribution in [0.3, 0.4) is 0 Å². The van der Waals surface area contributed by atoms with Gasteiger partial charge in [0, 0.05) is 17.2 Å². The van der Waals surface area contributed by atoms with E-state index in [1.807, 2.05) is 52.8 Å². The van der Waals surface area contributed by atoms with Gasteiger partial charge in [0.1, 0.15) is 5.69 Å². The summed E-state index contributed by atoms with van der Waals surface area (Å²) in [6.07, 6.45) is 0. The number of methoxy groups -OCH3 is 1. The van der Waals surface area contributed by atoms with Crippen molar-refractivity contribution in [1.29, 1.82) is 0 Å². The summed E-state index contributed by atoms with van der Waals surface area (Å²) in [5.41, 5.74) is 3.40. The van der Waals surface area contributed by atoms with Gasteiger partial charge in [0.2, 0.25) is 5.78 Å². The highest BCUT2D eigenvalue weighted by atomic mass is 32.2. The second kappa shape index (κ2) is 10.3. The quantitative estimate of drug-likeness (QED) is 0.222. The first-order valence-electron chi connectivity index (χ1n) is 11.7. The van der Waals surface area contributed by atoms with E-state index in [4.69, 9.17) is 9.84 Å². The molecule has 3 rings (SSSR count). The Morgan fingerprint density at radius 2 is 1.58 bits per heavy atom. The molecule has 1 atom stereocenters. The summed E-state index contributed by atoms with van der Waals surface area (Å²) in [5.74, 6) is -1.77. The highest BCUT2D eigenvalue weighted by Crippen LogP contribution is 2.31. The number of rotatable bonds is 7. The van der Waals surface area contributed by atoms with Crippen molar-refractivity contribution in [2.45, 2.75) is 63.6 Å². The average molecular weight is 511 g/mol. The van der Waals surface area contributed by atoms with Crippen LogP contribution in [0, 0.1) is 13.8 Å². The molecule has 2 aromatic carbocycles.